The van der Waals surface area contributed by atoms with Crippen LogP contribution in [0.2, 0.25) is 0 Å². The van der Waals surface area contributed by atoms with Gasteiger partial charge in [-0.15, -0.1) is 0 Å². The monoisotopic (exact) mass is 497 g/mol. The quantitative estimate of drug-likeness (QED) is 0.530. The van der Waals surface area contributed by atoms with Crippen LogP contribution in [0.3, 0.4) is 0 Å². The van der Waals surface area contributed by atoms with E-state index in [4.69, 9.17) is 4.74 Å². The third-order valence-electron chi connectivity index (χ3n) is 6.21. The Kier molecular flexibility index (Phi) is 7.75. The van der Waals surface area contributed by atoms with Crippen molar-refractivity contribution in [2.24, 2.45) is 5.92 Å². The molecule has 9 nitrogen and oxygen atoms in total. The van der Waals surface area contributed by atoms with Gasteiger partial charge in [0.15, 0.2) is 0 Å². The van der Waals surface area contributed by atoms with Gasteiger partial charge in [0.25, 0.3) is 0 Å². The van der Waals surface area contributed by atoms with Crippen molar-refractivity contribution in [3.8, 4) is 16.9 Å². The summed E-state index contributed by atoms with van der Waals surface area (Å²) in [5.41, 5.74) is 2.46. The van der Waals surface area contributed by atoms with Crippen molar-refractivity contribution in [2.75, 3.05) is 26.7 Å². The third kappa shape index (κ3) is 5.67. The number of benzene rings is 1. The first kappa shape index (κ1) is 25.2. The van der Waals surface area contributed by atoms with Gasteiger partial charge in [-0.05, 0) is 43.8 Å². The van der Waals surface area contributed by atoms with E-state index in [9.17, 15) is 13.5 Å². The van der Waals surface area contributed by atoms with Crippen molar-refractivity contribution in [3.63, 3.8) is 0 Å². The number of pyridine rings is 1. The zero-order valence-electron chi connectivity index (χ0n) is 20.2. The van der Waals surface area contributed by atoms with Crippen molar-refractivity contribution in [2.45, 2.75) is 37.4 Å². The van der Waals surface area contributed by atoms with E-state index in [2.05, 4.69) is 19.9 Å². The molecule has 0 fully saturated rings. The van der Waals surface area contributed by atoms with E-state index in [1.54, 1.807) is 43.7 Å². The van der Waals surface area contributed by atoms with Gasteiger partial charge in [0, 0.05) is 55.7 Å². The van der Waals surface area contributed by atoms with Crippen LogP contribution in [0.5, 0.6) is 5.75 Å². The largest absolute Gasteiger partial charge is 0.487 e. The van der Waals surface area contributed by atoms with Gasteiger partial charge in [0.05, 0.1) is 12.3 Å². The number of rotatable bonds is 7. The van der Waals surface area contributed by atoms with Crippen LogP contribution in [0, 0.1) is 5.92 Å². The minimum Gasteiger partial charge on any atom is -0.487 e. The van der Waals surface area contributed by atoms with E-state index in [1.165, 1.54) is 10.6 Å². The average molecular weight is 498 g/mol. The molecule has 4 rings (SSSR count). The van der Waals surface area contributed by atoms with Gasteiger partial charge in [-0.3, -0.25) is 9.88 Å². The van der Waals surface area contributed by atoms with E-state index < -0.39 is 16.1 Å². The summed E-state index contributed by atoms with van der Waals surface area (Å²) in [7, 11) is -1.90. The van der Waals surface area contributed by atoms with Crippen molar-refractivity contribution >= 4 is 10.0 Å². The molecule has 35 heavy (non-hydrogen) atoms. The molecule has 0 spiro atoms. The molecule has 3 atom stereocenters. The molecular formula is C25H31N5O4S. The summed E-state index contributed by atoms with van der Waals surface area (Å²) in [5, 5.41) is 9.82. The molecule has 0 aliphatic carbocycles. The molecule has 0 unspecified atom stereocenters. The highest BCUT2D eigenvalue weighted by Gasteiger charge is 2.38. The highest BCUT2D eigenvalue weighted by molar-refractivity contribution is 7.89. The molecule has 1 aromatic carbocycles. The minimum atomic E-state index is -3.89. The summed E-state index contributed by atoms with van der Waals surface area (Å²) in [6.45, 7) is 4.86. The van der Waals surface area contributed by atoms with Gasteiger partial charge in [0.2, 0.25) is 10.0 Å². The maximum absolute atomic E-state index is 13.6. The highest BCUT2D eigenvalue weighted by atomic mass is 32.2. The topological polar surface area (TPSA) is 109 Å². The van der Waals surface area contributed by atoms with Crippen LogP contribution in [0.15, 0.2) is 66.2 Å². The molecule has 0 bridgehead atoms. The molecule has 1 aliphatic rings. The van der Waals surface area contributed by atoms with Crippen molar-refractivity contribution in [1.29, 1.82) is 0 Å². The number of sulfonamides is 1. The van der Waals surface area contributed by atoms with Gasteiger partial charge >= 0.3 is 0 Å². The normalized spacial score (nSPS) is 20.9. The summed E-state index contributed by atoms with van der Waals surface area (Å²) in [5.74, 6) is 0.145. The molecule has 0 amide bonds. The number of nitrogens with zero attached hydrogens (tertiary/aromatic N) is 5. The summed E-state index contributed by atoms with van der Waals surface area (Å²) < 4.78 is 35.1. The number of aliphatic hydroxyl groups excluding tert-OH is 1. The fourth-order valence-corrected chi connectivity index (χ4v) is 6.04. The van der Waals surface area contributed by atoms with E-state index in [1.807, 2.05) is 32.2 Å². The van der Waals surface area contributed by atoms with Crippen LogP contribution >= 0.6 is 0 Å². The number of likely N-dealkylation sites (N-methyl/N-ethyl adjacent to an activating group) is 1. The van der Waals surface area contributed by atoms with Crippen molar-refractivity contribution in [1.82, 2.24) is 24.2 Å². The summed E-state index contributed by atoms with van der Waals surface area (Å²) in [4.78, 5) is 14.7. The van der Waals surface area contributed by atoms with E-state index >= 15 is 0 Å². The Morgan fingerprint density at radius 1 is 1.20 bits per heavy atom. The number of hydrogen-bond acceptors (Lipinski definition) is 8. The lowest BCUT2D eigenvalue weighted by atomic mass is 10.0. The van der Waals surface area contributed by atoms with Crippen molar-refractivity contribution in [3.05, 3.63) is 67.0 Å². The standard InChI is InChI=1S/C25H31N5O4S/c1-18-13-30(19(2)16-31)35(32,33)25-8-7-20(21-11-26-17-27-12-21)10-23(25)34-24(18)15-29(3)14-22-6-4-5-9-28-22/h4-12,17-19,24,31H,13-16H2,1-3H3/t18-,19+,24-/m0/s1. The van der Waals surface area contributed by atoms with Gasteiger partial charge in [-0.25, -0.2) is 18.4 Å². The first-order chi connectivity index (χ1) is 16.8. The average Bonchev–Trinajstić information content (AvgIpc) is 2.86. The number of aliphatic hydroxyl groups is 1. The van der Waals surface area contributed by atoms with Gasteiger partial charge in [0.1, 0.15) is 23.1 Å². The Balaban J connectivity index is 1.72. The Bertz CT molecular complexity index is 1230. The molecule has 3 aromatic rings. The van der Waals surface area contributed by atoms with Crippen LogP contribution in [0.4, 0.5) is 0 Å². The Hall–Kier alpha value is -2.92. The molecule has 0 saturated heterocycles. The molecule has 3 heterocycles. The summed E-state index contributed by atoms with van der Waals surface area (Å²) >= 11 is 0. The lowest BCUT2D eigenvalue weighted by Crippen LogP contribution is -2.49. The summed E-state index contributed by atoms with van der Waals surface area (Å²) in [6.07, 6.45) is 6.26. The second kappa shape index (κ2) is 10.8. The maximum Gasteiger partial charge on any atom is 0.247 e. The van der Waals surface area contributed by atoms with E-state index in [0.717, 1.165) is 16.8 Å². The molecule has 2 aromatic heterocycles. The Morgan fingerprint density at radius 2 is 1.97 bits per heavy atom. The van der Waals surface area contributed by atoms with Crippen LogP contribution in [-0.2, 0) is 16.6 Å². The molecule has 1 aliphatic heterocycles. The maximum atomic E-state index is 13.6. The third-order valence-corrected chi connectivity index (χ3v) is 8.23. The molecule has 0 radical (unpaired) electrons. The Morgan fingerprint density at radius 3 is 2.66 bits per heavy atom. The zero-order chi connectivity index (χ0) is 25.0. The SMILES string of the molecule is C[C@H](CO)N1C[C@H](C)[C@H](CN(C)Cc2ccccn2)Oc2cc(-c3cncnc3)ccc2S1(=O)=O. The van der Waals surface area contributed by atoms with E-state index in [-0.39, 0.29) is 35.8 Å². The lowest BCUT2D eigenvalue weighted by molar-refractivity contribution is 0.0731. The predicted octanol–water partition coefficient (Wildman–Crippen LogP) is 2.44. The molecule has 1 N–H and O–H groups in total. The Labute approximate surface area is 206 Å². The van der Waals surface area contributed by atoms with Crippen molar-refractivity contribution < 1.29 is 18.3 Å². The van der Waals surface area contributed by atoms with Gasteiger partial charge < -0.3 is 9.84 Å². The number of ether oxygens (including phenoxy) is 1. The smallest absolute Gasteiger partial charge is 0.247 e. The molecule has 186 valence electrons. The summed E-state index contributed by atoms with van der Waals surface area (Å²) in [6, 6.07) is 10.3. The predicted molar refractivity (Wildman–Crippen MR) is 132 cm³/mol. The fourth-order valence-electron chi connectivity index (χ4n) is 4.21. The number of fused-ring (bicyclic) bond motifs is 1. The van der Waals surface area contributed by atoms with Gasteiger partial charge in [-0.1, -0.05) is 19.1 Å². The number of hydrogen-bond donors (Lipinski definition) is 1. The minimum absolute atomic E-state index is 0.0858. The van der Waals surface area contributed by atoms with Crippen LogP contribution in [-0.4, -0.2) is 76.6 Å². The molecular weight excluding hydrogens is 466 g/mol. The van der Waals surface area contributed by atoms with Crippen LogP contribution in [0.25, 0.3) is 11.1 Å². The number of aromatic nitrogens is 3. The molecule has 0 saturated carbocycles. The fraction of sp³-hybridized carbons (Fsp3) is 0.400. The van der Waals surface area contributed by atoms with Crippen LogP contribution < -0.4 is 4.74 Å². The zero-order valence-corrected chi connectivity index (χ0v) is 21.0. The van der Waals surface area contributed by atoms with Gasteiger partial charge in [-0.2, -0.15) is 4.31 Å². The first-order valence-corrected chi connectivity index (χ1v) is 13.0. The molecule has 10 heteroatoms. The van der Waals surface area contributed by atoms with Crippen LogP contribution in [0.1, 0.15) is 19.5 Å². The van der Waals surface area contributed by atoms with E-state index in [0.29, 0.717) is 13.1 Å². The first-order valence-electron chi connectivity index (χ1n) is 11.6. The lowest BCUT2D eigenvalue weighted by Gasteiger charge is -2.37. The highest BCUT2D eigenvalue weighted by Crippen LogP contribution is 2.36. The second-order valence-electron chi connectivity index (χ2n) is 9.05. The second-order valence-corrected chi connectivity index (χ2v) is 10.9.